The number of nitrogens with one attached hydrogen (secondary N) is 2. The molecule has 2 amide bonds. The molecule has 228 valence electrons. The van der Waals surface area contributed by atoms with E-state index >= 15 is 0 Å². The van der Waals surface area contributed by atoms with Gasteiger partial charge in [0, 0.05) is 57.8 Å². The fraction of sp³-hybridized carbons (Fsp3) is 0.278. The van der Waals surface area contributed by atoms with Crippen molar-refractivity contribution in [1.29, 1.82) is 0 Å². The molecule has 0 atom stereocenters. The number of hydrogen-bond donors (Lipinski definition) is 2. The van der Waals surface area contributed by atoms with E-state index in [1.807, 2.05) is 91.0 Å². The minimum Gasteiger partial charge on any atom is -0.495 e. The average Bonchev–Trinajstić information content (AvgIpc) is 3.08. The van der Waals surface area contributed by atoms with E-state index < -0.39 is 5.92 Å². The van der Waals surface area contributed by atoms with Crippen molar-refractivity contribution >= 4 is 28.9 Å². The molecule has 1 saturated heterocycles. The highest BCUT2D eigenvalue weighted by molar-refractivity contribution is 6.03. The Bertz CT molecular complexity index is 1480. The number of ether oxygens (including phenoxy) is 2. The van der Waals surface area contributed by atoms with Crippen LogP contribution in [0.2, 0.25) is 0 Å². The van der Waals surface area contributed by atoms with Crippen molar-refractivity contribution in [2.45, 2.75) is 12.3 Å². The second-order valence-electron chi connectivity index (χ2n) is 10.7. The SMILES string of the molecule is COCCCNC(=O)c1cc(NC(=O)C(c2ccccc2)c2ccccc2)ccc1N1CCN(c2ccccc2OC)CC1. The Kier molecular flexibility index (Phi) is 10.5. The molecule has 0 unspecified atom stereocenters. The molecule has 8 nitrogen and oxygen atoms in total. The van der Waals surface area contributed by atoms with Crippen LogP contribution >= 0.6 is 0 Å². The molecule has 1 aliphatic heterocycles. The van der Waals surface area contributed by atoms with Crippen LogP contribution in [0.1, 0.15) is 33.8 Å². The maximum atomic E-state index is 13.8. The van der Waals surface area contributed by atoms with Crippen LogP contribution in [-0.2, 0) is 9.53 Å². The highest BCUT2D eigenvalue weighted by Crippen LogP contribution is 2.32. The quantitative estimate of drug-likeness (QED) is 0.210. The Labute approximate surface area is 259 Å². The first-order valence-electron chi connectivity index (χ1n) is 15.0. The van der Waals surface area contributed by atoms with E-state index in [2.05, 4.69) is 26.5 Å². The zero-order valence-electron chi connectivity index (χ0n) is 25.4. The molecular formula is C36H40N4O4. The van der Waals surface area contributed by atoms with Crippen molar-refractivity contribution in [2.75, 3.05) is 68.7 Å². The van der Waals surface area contributed by atoms with E-state index in [0.29, 0.717) is 30.8 Å². The number of benzene rings is 4. The molecular weight excluding hydrogens is 552 g/mol. The summed E-state index contributed by atoms with van der Waals surface area (Å²) < 4.78 is 10.7. The number of nitrogens with zero attached hydrogens (tertiary/aromatic N) is 2. The summed E-state index contributed by atoms with van der Waals surface area (Å²) in [5.41, 5.74) is 4.81. The molecule has 1 fully saturated rings. The summed E-state index contributed by atoms with van der Waals surface area (Å²) >= 11 is 0. The number of piperazine rings is 1. The molecule has 1 aliphatic rings. The first kappa shape index (κ1) is 30.6. The lowest BCUT2D eigenvalue weighted by atomic mass is 9.90. The van der Waals surface area contributed by atoms with Gasteiger partial charge in [-0.25, -0.2) is 0 Å². The first-order chi connectivity index (χ1) is 21.6. The standard InChI is InChI=1S/C36H40N4O4/c1-43-25-11-20-37-35(41)30-26-29(38-36(42)34(27-12-5-3-6-13-27)28-14-7-4-8-15-28)18-19-31(30)39-21-23-40(24-22-39)32-16-9-10-17-33(32)44-2/h3-10,12-19,26,34H,11,20-25H2,1-2H3,(H,37,41)(H,38,42). The second-order valence-corrected chi connectivity index (χ2v) is 10.7. The molecule has 0 bridgehead atoms. The maximum absolute atomic E-state index is 13.8. The number of carbonyl (C=O) groups excluding carboxylic acids is 2. The minimum atomic E-state index is -0.494. The molecule has 0 saturated carbocycles. The predicted molar refractivity (Wildman–Crippen MR) is 176 cm³/mol. The molecule has 0 aliphatic carbocycles. The van der Waals surface area contributed by atoms with Gasteiger partial charge in [0.05, 0.1) is 24.3 Å². The normalized spacial score (nSPS) is 13.1. The summed E-state index contributed by atoms with van der Waals surface area (Å²) in [6.45, 7) is 4.09. The lowest BCUT2D eigenvalue weighted by molar-refractivity contribution is -0.116. The molecule has 0 radical (unpaired) electrons. The summed E-state index contributed by atoms with van der Waals surface area (Å²) in [5.74, 6) is 0.0157. The zero-order valence-corrected chi connectivity index (χ0v) is 25.4. The van der Waals surface area contributed by atoms with Gasteiger partial charge in [0.25, 0.3) is 5.91 Å². The Balaban J connectivity index is 1.38. The zero-order chi connectivity index (χ0) is 30.7. The van der Waals surface area contributed by atoms with Gasteiger partial charge in [0.1, 0.15) is 5.75 Å². The van der Waals surface area contributed by atoms with Crippen molar-refractivity contribution in [3.8, 4) is 5.75 Å². The smallest absolute Gasteiger partial charge is 0.253 e. The largest absolute Gasteiger partial charge is 0.495 e. The van der Waals surface area contributed by atoms with E-state index in [1.165, 1.54) is 0 Å². The van der Waals surface area contributed by atoms with E-state index in [-0.39, 0.29) is 11.8 Å². The summed E-state index contributed by atoms with van der Waals surface area (Å²) in [6, 6.07) is 33.1. The number of amides is 2. The fourth-order valence-electron chi connectivity index (χ4n) is 5.66. The fourth-order valence-corrected chi connectivity index (χ4v) is 5.66. The van der Waals surface area contributed by atoms with Crippen LogP contribution in [0.5, 0.6) is 5.75 Å². The van der Waals surface area contributed by atoms with Crippen molar-refractivity contribution in [1.82, 2.24) is 5.32 Å². The van der Waals surface area contributed by atoms with Gasteiger partial charge in [0.15, 0.2) is 0 Å². The summed E-state index contributed by atoms with van der Waals surface area (Å²) in [7, 11) is 3.34. The van der Waals surface area contributed by atoms with Gasteiger partial charge in [-0.2, -0.15) is 0 Å². The minimum absolute atomic E-state index is 0.160. The molecule has 1 heterocycles. The van der Waals surface area contributed by atoms with E-state index in [4.69, 9.17) is 9.47 Å². The van der Waals surface area contributed by atoms with Crippen LogP contribution in [0.3, 0.4) is 0 Å². The van der Waals surface area contributed by atoms with Crippen molar-refractivity contribution in [3.05, 3.63) is 120 Å². The van der Waals surface area contributed by atoms with Crippen LogP contribution in [0.4, 0.5) is 17.1 Å². The number of hydrogen-bond acceptors (Lipinski definition) is 6. The van der Waals surface area contributed by atoms with Crippen LogP contribution in [-0.4, -0.2) is 65.4 Å². The molecule has 4 aromatic rings. The highest BCUT2D eigenvalue weighted by Gasteiger charge is 2.26. The van der Waals surface area contributed by atoms with Gasteiger partial charge in [-0.05, 0) is 47.9 Å². The number of methoxy groups -OCH3 is 2. The number of rotatable bonds is 12. The van der Waals surface area contributed by atoms with Crippen molar-refractivity contribution in [3.63, 3.8) is 0 Å². The molecule has 4 aromatic carbocycles. The van der Waals surface area contributed by atoms with E-state index in [1.54, 1.807) is 20.3 Å². The van der Waals surface area contributed by atoms with Gasteiger partial charge in [-0.3, -0.25) is 9.59 Å². The van der Waals surface area contributed by atoms with E-state index in [9.17, 15) is 9.59 Å². The average molecular weight is 593 g/mol. The third kappa shape index (κ3) is 7.38. The monoisotopic (exact) mass is 592 g/mol. The topological polar surface area (TPSA) is 83.1 Å². The molecule has 5 rings (SSSR count). The van der Waals surface area contributed by atoms with Crippen molar-refractivity contribution in [2.24, 2.45) is 0 Å². The third-order valence-corrected chi connectivity index (χ3v) is 7.89. The van der Waals surface area contributed by atoms with Crippen LogP contribution in [0.25, 0.3) is 0 Å². The molecule has 0 aromatic heterocycles. The number of carbonyl (C=O) groups is 2. The second kappa shape index (κ2) is 15.1. The van der Waals surface area contributed by atoms with Crippen LogP contribution in [0.15, 0.2) is 103 Å². The summed E-state index contributed by atoms with van der Waals surface area (Å²) in [6.07, 6.45) is 0.710. The Morgan fingerprint density at radius 3 is 1.95 bits per heavy atom. The lowest BCUT2D eigenvalue weighted by Crippen LogP contribution is -2.47. The molecule has 44 heavy (non-hydrogen) atoms. The van der Waals surface area contributed by atoms with Gasteiger partial charge < -0.3 is 29.9 Å². The maximum Gasteiger partial charge on any atom is 0.253 e. The highest BCUT2D eigenvalue weighted by atomic mass is 16.5. The van der Waals surface area contributed by atoms with E-state index in [0.717, 1.165) is 54.4 Å². The summed E-state index contributed by atoms with van der Waals surface area (Å²) in [4.78, 5) is 31.9. The third-order valence-electron chi connectivity index (χ3n) is 7.89. The van der Waals surface area contributed by atoms with Crippen LogP contribution < -0.4 is 25.2 Å². The predicted octanol–water partition coefficient (Wildman–Crippen LogP) is 5.56. The van der Waals surface area contributed by atoms with Crippen LogP contribution in [0, 0.1) is 0 Å². The molecule has 8 heteroatoms. The molecule has 2 N–H and O–H groups in total. The molecule has 0 spiro atoms. The Morgan fingerprint density at radius 2 is 1.34 bits per heavy atom. The van der Waals surface area contributed by atoms with Crippen molar-refractivity contribution < 1.29 is 19.1 Å². The van der Waals surface area contributed by atoms with Gasteiger partial charge in [-0.15, -0.1) is 0 Å². The van der Waals surface area contributed by atoms with Gasteiger partial charge >= 0.3 is 0 Å². The number of para-hydroxylation sites is 2. The van der Waals surface area contributed by atoms with Gasteiger partial charge in [-0.1, -0.05) is 72.8 Å². The first-order valence-corrected chi connectivity index (χ1v) is 15.0. The van der Waals surface area contributed by atoms with Gasteiger partial charge in [0.2, 0.25) is 5.91 Å². The summed E-state index contributed by atoms with van der Waals surface area (Å²) in [5, 5.41) is 6.14. The lowest BCUT2D eigenvalue weighted by Gasteiger charge is -2.38. The number of anilines is 3. The Morgan fingerprint density at radius 1 is 0.750 bits per heavy atom. The Hall–Kier alpha value is -4.82.